The van der Waals surface area contributed by atoms with Gasteiger partial charge in [-0.2, -0.15) is 5.26 Å². The van der Waals surface area contributed by atoms with Crippen molar-refractivity contribution in [2.24, 2.45) is 16.3 Å². The molecule has 4 rings (SSSR count). The van der Waals surface area contributed by atoms with Gasteiger partial charge >= 0.3 is 5.97 Å². The second-order valence-corrected chi connectivity index (χ2v) is 10.5. The number of hydrogen-bond acceptors (Lipinski definition) is 5. The second kappa shape index (κ2) is 8.40. The van der Waals surface area contributed by atoms with Crippen LogP contribution in [0.3, 0.4) is 0 Å². The van der Waals surface area contributed by atoms with Crippen LogP contribution in [0.25, 0.3) is 11.3 Å². The standard InChI is InChI=1S/C26H26N2O3S/c1-15-5-6-16(25(29)30)11-20(15)22-10-8-18(31-22)14-28-24-21(13-27)19-9-7-17(26(2,3)4)12-23(19)32-24/h5-6,8,10-11,14,17H,7,9,12H2,1-4H3,(H,29,30)/t17-/m1/s1. The van der Waals surface area contributed by atoms with Gasteiger partial charge in [0, 0.05) is 10.4 Å². The third-order valence-electron chi connectivity index (χ3n) is 6.27. The van der Waals surface area contributed by atoms with Gasteiger partial charge in [-0.1, -0.05) is 26.8 Å². The summed E-state index contributed by atoms with van der Waals surface area (Å²) in [5, 5.41) is 19.7. The number of carboxylic acids is 1. The second-order valence-electron chi connectivity index (χ2n) is 9.40. The molecule has 0 bridgehead atoms. The van der Waals surface area contributed by atoms with Crippen LogP contribution < -0.4 is 0 Å². The maximum absolute atomic E-state index is 11.3. The van der Waals surface area contributed by atoms with Gasteiger partial charge in [0.25, 0.3) is 0 Å². The molecule has 32 heavy (non-hydrogen) atoms. The Bertz CT molecular complexity index is 1250. The van der Waals surface area contributed by atoms with Gasteiger partial charge in [0.05, 0.1) is 17.3 Å². The van der Waals surface area contributed by atoms with Crippen LogP contribution in [0.2, 0.25) is 0 Å². The van der Waals surface area contributed by atoms with Crippen LogP contribution in [0.15, 0.2) is 39.7 Å². The molecule has 3 aromatic rings. The van der Waals surface area contributed by atoms with E-state index in [9.17, 15) is 15.2 Å². The first-order valence-electron chi connectivity index (χ1n) is 10.7. The van der Waals surface area contributed by atoms with E-state index in [1.165, 1.54) is 4.88 Å². The van der Waals surface area contributed by atoms with Gasteiger partial charge in [-0.3, -0.25) is 0 Å². The molecule has 1 aromatic carbocycles. The Hall–Kier alpha value is -3.17. The fraction of sp³-hybridized carbons (Fsp3) is 0.346. The Kier molecular flexibility index (Phi) is 5.79. The number of aryl methyl sites for hydroxylation is 1. The zero-order chi connectivity index (χ0) is 23.0. The van der Waals surface area contributed by atoms with Gasteiger partial charge in [-0.05, 0) is 72.9 Å². The number of carbonyl (C=O) groups is 1. The van der Waals surface area contributed by atoms with Crippen molar-refractivity contribution in [3.8, 4) is 17.4 Å². The van der Waals surface area contributed by atoms with E-state index in [4.69, 9.17) is 4.42 Å². The van der Waals surface area contributed by atoms with E-state index in [0.717, 1.165) is 41.0 Å². The van der Waals surface area contributed by atoms with Gasteiger partial charge in [0.15, 0.2) is 0 Å². The van der Waals surface area contributed by atoms with Crippen molar-refractivity contribution in [2.75, 3.05) is 0 Å². The van der Waals surface area contributed by atoms with Crippen LogP contribution in [-0.4, -0.2) is 17.3 Å². The lowest BCUT2D eigenvalue weighted by Crippen LogP contribution is -2.26. The summed E-state index contributed by atoms with van der Waals surface area (Å²) in [7, 11) is 0. The topological polar surface area (TPSA) is 86.6 Å². The highest BCUT2D eigenvalue weighted by atomic mass is 32.1. The number of rotatable bonds is 4. The number of benzene rings is 1. The molecule has 6 heteroatoms. The molecular weight excluding hydrogens is 420 g/mol. The number of nitrogens with zero attached hydrogens (tertiary/aromatic N) is 2. The van der Waals surface area contributed by atoms with E-state index in [1.54, 1.807) is 41.8 Å². The van der Waals surface area contributed by atoms with Crippen molar-refractivity contribution in [1.29, 1.82) is 5.26 Å². The van der Waals surface area contributed by atoms with Crippen molar-refractivity contribution in [3.63, 3.8) is 0 Å². The molecule has 1 atom stereocenters. The van der Waals surface area contributed by atoms with Gasteiger partial charge in [-0.25, -0.2) is 9.79 Å². The summed E-state index contributed by atoms with van der Waals surface area (Å²) in [6.45, 7) is 8.76. The third kappa shape index (κ3) is 4.26. The lowest BCUT2D eigenvalue weighted by atomic mass is 9.72. The third-order valence-corrected chi connectivity index (χ3v) is 7.43. The Balaban J connectivity index is 1.60. The molecule has 1 aliphatic carbocycles. The number of aliphatic imine (C=N–C) groups is 1. The van der Waals surface area contributed by atoms with Crippen LogP contribution in [0.4, 0.5) is 5.00 Å². The maximum atomic E-state index is 11.3. The Labute approximate surface area is 192 Å². The predicted octanol–water partition coefficient (Wildman–Crippen LogP) is 6.79. The summed E-state index contributed by atoms with van der Waals surface area (Å²) in [5.74, 6) is 0.780. The van der Waals surface area contributed by atoms with Crippen molar-refractivity contribution >= 4 is 28.5 Å². The average Bonchev–Trinajstić information content (AvgIpc) is 3.35. The highest BCUT2D eigenvalue weighted by Crippen LogP contribution is 2.44. The minimum absolute atomic E-state index is 0.216. The molecule has 1 N–H and O–H groups in total. The fourth-order valence-electron chi connectivity index (χ4n) is 4.23. The summed E-state index contributed by atoms with van der Waals surface area (Å²) < 4.78 is 5.92. The molecule has 0 spiro atoms. The predicted molar refractivity (Wildman–Crippen MR) is 127 cm³/mol. The molecule has 0 radical (unpaired) electrons. The molecule has 2 aromatic heterocycles. The quantitative estimate of drug-likeness (QED) is 0.447. The molecule has 5 nitrogen and oxygen atoms in total. The molecule has 0 saturated carbocycles. The largest absolute Gasteiger partial charge is 0.478 e. The van der Waals surface area contributed by atoms with Gasteiger partial charge in [-0.15, -0.1) is 11.3 Å². The number of fused-ring (bicyclic) bond motifs is 1. The van der Waals surface area contributed by atoms with E-state index in [-0.39, 0.29) is 11.0 Å². The van der Waals surface area contributed by atoms with Crippen molar-refractivity contribution in [1.82, 2.24) is 0 Å². The molecule has 0 saturated heterocycles. The first-order chi connectivity index (χ1) is 15.2. The number of hydrogen-bond donors (Lipinski definition) is 1. The Morgan fingerprint density at radius 1 is 1.31 bits per heavy atom. The zero-order valence-corrected chi connectivity index (χ0v) is 19.5. The smallest absolute Gasteiger partial charge is 0.335 e. The van der Waals surface area contributed by atoms with Crippen LogP contribution in [0, 0.1) is 29.6 Å². The number of furan rings is 1. The molecule has 0 amide bonds. The highest BCUT2D eigenvalue weighted by Gasteiger charge is 2.32. The van der Waals surface area contributed by atoms with Gasteiger partial charge in [0.2, 0.25) is 0 Å². The van der Waals surface area contributed by atoms with Crippen LogP contribution >= 0.6 is 11.3 Å². The maximum Gasteiger partial charge on any atom is 0.335 e. The molecule has 1 aliphatic rings. The monoisotopic (exact) mass is 446 g/mol. The van der Waals surface area contributed by atoms with Crippen LogP contribution in [0.5, 0.6) is 0 Å². The van der Waals surface area contributed by atoms with E-state index < -0.39 is 5.97 Å². The summed E-state index contributed by atoms with van der Waals surface area (Å²) >= 11 is 1.61. The zero-order valence-electron chi connectivity index (χ0n) is 18.7. The normalized spacial score (nSPS) is 16.2. The van der Waals surface area contributed by atoms with Gasteiger partial charge in [0.1, 0.15) is 22.6 Å². The number of aromatic carboxylic acids is 1. The molecule has 164 valence electrons. The van der Waals surface area contributed by atoms with Crippen LogP contribution in [-0.2, 0) is 12.8 Å². The van der Waals surface area contributed by atoms with Crippen molar-refractivity contribution < 1.29 is 14.3 Å². The van der Waals surface area contributed by atoms with Crippen molar-refractivity contribution in [3.05, 3.63) is 63.2 Å². The molecule has 0 aliphatic heterocycles. The SMILES string of the molecule is Cc1ccc(C(=O)O)cc1-c1ccc(C=Nc2sc3c(c2C#N)CC[C@@H](C(C)(C)C)C3)o1. The molecule has 2 heterocycles. The molecule has 0 fully saturated rings. The minimum atomic E-state index is -0.973. The minimum Gasteiger partial charge on any atom is -0.478 e. The summed E-state index contributed by atoms with van der Waals surface area (Å²) in [6.07, 6.45) is 4.66. The number of nitriles is 1. The lowest BCUT2D eigenvalue weighted by Gasteiger charge is -2.33. The lowest BCUT2D eigenvalue weighted by molar-refractivity contribution is 0.0697. The van der Waals surface area contributed by atoms with E-state index in [2.05, 4.69) is 31.8 Å². The first-order valence-corrected chi connectivity index (χ1v) is 11.5. The average molecular weight is 447 g/mol. The fourth-order valence-corrected chi connectivity index (χ4v) is 5.45. The Morgan fingerprint density at radius 2 is 2.09 bits per heavy atom. The van der Waals surface area contributed by atoms with Crippen LogP contribution in [0.1, 0.15) is 64.9 Å². The summed E-state index contributed by atoms with van der Waals surface area (Å²) in [6, 6.07) is 10.9. The number of thiophene rings is 1. The number of carboxylic acid groups (broad SMARTS) is 1. The van der Waals surface area contributed by atoms with Gasteiger partial charge < -0.3 is 9.52 Å². The highest BCUT2D eigenvalue weighted by molar-refractivity contribution is 7.16. The molecular formula is C26H26N2O3S. The van der Waals surface area contributed by atoms with E-state index >= 15 is 0 Å². The van der Waals surface area contributed by atoms with Crippen molar-refractivity contribution in [2.45, 2.75) is 47.0 Å². The molecule has 0 unspecified atom stereocenters. The Morgan fingerprint density at radius 3 is 2.78 bits per heavy atom. The summed E-state index contributed by atoms with van der Waals surface area (Å²) in [5.41, 5.74) is 3.98. The summed E-state index contributed by atoms with van der Waals surface area (Å²) in [4.78, 5) is 17.2. The van der Waals surface area contributed by atoms with E-state index in [0.29, 0.717) is 23.0 Å². The van der Waals surface area contributed by atoms with E-state index in [1.807, 2.05) is 13.0 Å². The first kappa shape index (κ1) is 22.0.